The van der Waals surface area contributed by atoms with E-state index in [0.717, 1.165) is 18.7 Å². The molecule has 0 spiro atoms. The van der Waals surface area contributed by atoms with E-state index in [1.165, 1.54) is 34.1 Å². The zero-order valence-electron chi connectivity index (χ0n) is 22.1. The lowest BCUT2D eigenvalue weighted by Crippen LogP contribution is -3.12. The minimum atomic E-state index is -0.916. The van der Waals surface area contributed by atoms with Gasteiger partial charge in [-0.2, -0.15) is 0 Å². The first-order valence-electron chi connectivity index (χ1n) is 12.7. The van der Waals surface area contributed by atoms with Crippen LogP contribution in [0.2, 0.25) is 0 Å². The van der Waals surface area contributed by atoms with Crippen LogP contribution >= 0.6 is 0 Å². The molecule has 1 aliphatic rings. The topological polar surface area (TPSA) is 117 Å². The van der Waals surface area contributed by atoms with Gasteiger partial charge in [-0.25, -0.2) is 0 Å². The summed E-state index contributed by atoms with van der Waals surface area (Å²) in [4.78, 5) is 39.7. The number of aryl methyl sites for hydroxylation is 1. The second-order valence-electron chi connectivity index (χ2n) is 9.71. The Morgan fingerprint density at radius 2 is 1.76 bits per heavy atom. The molecule has 0 aromatic heterocycles. The van der Waals surface area contributed by atoms with E-state index in [4.69, 9.17) is 4.74 Å². The number of benzene rings is 2. The van der Waals surface area contributed by atoms with Gasteiger partial charge < -0.3 is 19.6 Å². The summed E-state index contributed by atoms with van der Waals surface area (Å²) < 4.78 is 5.81. The van der Waals surface area contributed by atoms with Crippen molar-refractivity contribution in [1.29, 1.82) is 0 Å². The molecule has 1 atom stereocenters. The highest BCUT2D eigenvalue weighted by Gasteiger charge is 2.44. The molecule has 1 amide bonds. The van der Waals surface area contributed by atoms with E-state index in [1.54, 1.807) is 18.2 Å². The van der Waals surface area contributed by atoms with Gasteiger partial charge in [0.2, 0.25) is 5.78 Å². The fraction of sp³-hybridized carbons (Fsp3) is 0.429. The number of nitro groups is 1. The molecule has 2 aromatic carbocycles. The van der Waals surface area contributed by atoms with E-state index in [1.807, 2.05) is 34.6 Å². The summed E-state index contributed by atoms with van der Waals surface area (Å²) in [5.41, 5.74) is 1.27. The molecule has 1 saturated heterocycles. The Hall–Kier alpha value is -3.72. The maximum atomic E-state index is 13.7. The number of hydrogen-bond acceptors (Lipinski definition) is 6. The van der Waals surface area contributed by atoms with Gasteiger partial charge in [0.05, 0.1) is 43.8 Å². The number of rotatable bonds is 11. The zero-order chi connectivity index (χ0) is 27.3. The minimum Gasteiger partial charge on any atom is -0.872 e. The van der Waals surface area contributed by atoms with Crippen molar-refractivity contribution in [3.8, 4) is 5.75 Å². The number of nitrogens with one attached hydrogen (secondary N) is 1. The number of nitrogens with zero attached hydrogens (tertiary/aromatic N) is 2. The van der Waals surface area contributed by atoms with Crippen LogP contribution in [0.4, 0.5) is 5.69 Å². The highest BCUT2D eigenvalue weighted by atomic mass is 16.6. The number of nitro benzene ring substituents is 1. The molecule has 1 N–H and O–H groups in total. The van der Waals surface area contributed by atoms with Crippen LogP contribution in [0.15, 0.2) is 48.0 Å². The summed E-state index contributed by atoms with van der Waals surface area (Å²) in [5, 5.41) is 24.9. The lowest BCUT2D eigenvalue weighted by Gasteiger charge is -2.28. The number of likely N-dealkylation sites (tertiary alicyclic amines) is 1. The van der Waals surface area contributed by atoms with Crippen LogP contribution in [0.5, 0.6) is 5.75 Å². The summed E-state index contributed by atoms with van der Waals surface area (Å²) in [7, 11) is 0. The Labute approximate surface area is 217 Å². The molecule has 0 saturated carbocycles. The third kappa shape index (κ3) is 6.17. The molecule has 37 heavy (non-hydrogen) atoms. The molecule has 0 radical (unpaired) electrons. The highest BCUT2D eigenvalue weighted by Crippen LogP contribution is 2.39. The van der Waals surface area contributed by atoms with Crippen molar-refractivity contribution in [2.45, 2.75) is 40.7 Å². The van der Waals surface area contributed by atoms with Gasteiger partial charge in [-0.05, 0) is 67.6 Å². The van der Waals surface area contributed by atoms with Crippen molar-refractivity contribution in [2.75, 3.05) is 32.8 Å². The van der Waals surface area contributed by atoms with E-state index in [2.05, 4.69) is 0 Å². The van der Waals surface area contributed by atoms with Crippen molar-refractivity contribution in [3.63, 3.8) is 0 Å². The summed E-state index contributed by atoms with van der Waals surface area (Å²) in [6, 6.07) is 9.72. The van der Waals surface area contributed by atoms with Crippen LogP contribution in [0.1, 0.15) is 50.4 Å². The smallest absolute Gasteiger partial charge is 0.295 e. The lowest BCUT2D eigenvalue weighted by molar-refractivity contribution is -0.895. The third-order valence-corrected chi connectivity index (χ3v) is 6.66. The van der Waals surface area contributed by atoms with Gasteiger partial charge >= 0.3 is 0 Å². The van der Waals surface area contributed by atoms with Crippen LogP contribution in [-0.2, 0) is 9.59 Å². The number of likely N-dealkylation sites (N-methyl/N-ethyl adjacent to an activating group) is 1. The van der Waals surface area contributed by atoms with E-state index >= 15 is 0 Å². The predicted molar refractivity (Wildman–Crippen MR) is 138 cm³/mol. The summed E-state index contributed by atoms with van der Waals surface area (Å²) in [5.74, 6) is -1.10. The molecular weight excluding hydrogens is 474 g/mol. The molecule has 9 heteroatoms. The fourth-order valence-electron chi connectivity index (χ4n) is 4.47. The number of quaternary nitrogens is 1. The number of ketones is 1. The number of carbonyl (C=O) groups excluding carboxylic acids is 2. The summed E-state index contributed by atoms with van der Waals surface area (Å²) in [6.45, 7) is 13.1. The number of non-ortho nitro benzene ring substituents is 1. The fourth-order valence-corrected chi connectivity index (χ4v) is 4.47. The van der Waals surface area contributed by atoms with Crippen LogP contribution in [0.25, 0.3) is 5.76 Å². The average molecular weight is 510 g/mol. The molecule has 0 bridgehead atoms. The summed E-state index contributed by atoms with van der Waals surface area (Å²) in [6.07, 6.45) is 0. The van der Waals surface area contributed by atoms with Gasteiger partial charge in [-0.3, -0.25) is 19.7 Å². The van der Waals surface area contributed by atoms with E-state index in [9.17, 15) is 24.8 Å². The average Bonchev–Trinajstić information content (AvgIpc) is 3.13. The second-order valence-corrected chi connectivity index (χ2v) is 9.71. The normalized spacial score (nSPS) is 17.2. The van der Waals surface area contributed by atoms with Crippen molar-refractivity contribution >= 4 is 23.1 Å². The Morgan fingerprint density at radius 3 is 2.30 bits per heavy atom. The molecular formula is C28H35N3O6. The van der Waals surface area contributed by atoms with Crippen LogP contribution in [0.3, 0.4) is 0 Å². The van der Waals surface area contributed by atoms with E-state index in [0.29, 0.717) is 30.4 Å². The highest BCUT2D eigenvalue weighted by molar-refractivity contribution is 6.46. The Kier molecular flexibility index (Phi) is 9.04. The molecule has 1 fully saturated rings. The second kappa shape index (κ2) is 12.0. The van der Waals surface area contributed by atoms with Crippen molar-refractivity contribution in [3.05, 3.63) is 74.8 Å². The molecule has 198 valence electrons. The minimum absolute atomic E-state index is 0.112. The number of amides is 1. The van der Waals surface area contributed by atoms with Crippen molar-refractivity contribution in [2.24, 2.45) is 5.92 Å². The van der Waals surface area contributed by atoms with Gasteiger partial charge in [0, 0.05) is 17.7 Å². The number of ether oxygens (including phenoxy) is 1. The molecule has 0 aliphatic carbocycles. The van der Waals surface area contributed by atoms with Gasteiger partial charge in [0.1, 0.15) is 5.75 Å². The molecule has 1 aliphatic heterocycles. The quantitative estimate of drug-likeness (QED) is 0.163. The number of hydrogen-bond donors (Lipinski definition) is 1. The van der Waals surface area contributed by atoms with Crippen LogP contribution in [0, 0.1) is 23.0 Å². The van der Waals surface area contributed by atoms with Crippen LogP contribution in [-0.4, -0.2) is 54.3 Å². The molecule has 9 nitrogen and oxygen atoms in total. The van der Waals surface area contributed by atoms with Crippen LogP contribution < -0.4 is 14.7 Å². The monoisotopic (exact) mass is 509 g/mol. The predicted octanol–water partition coefficient (Wildman–Crippen LogP) is 2.09. The maximum absolute atomic E-state index is 13.7. The van der Waals surface area contributed by atoms with Gasteiger partial charge in [-0.15, -0.1) is 0 Å². The first-order valence-corrected chi connectivity index (χ1v) is 12.7. The number of Topliss-reactive ketones (excluding diaryl/α,β-unsaturated/α-hetero) is 1. The van der Waals surface area contributed by atoms with E-state index in [-0.39, 0.29) is 23.4 Å². The van der Waals surface area contributed by atoms with Gasteiger partial charge in [0.25, 0.3) is 11.6 Å². The third-order valence-electron chi connectivity index (χ3n) is 6.66. The summed E-state index contributed by atoms with van der Waals surface area (Å²) >= 11 is 0. The first kappa shape index (κ1) is 27.9. The van der Waals surface area contributed by atoms with Gasteiger partial charge in [0.15, 0.2) is 0 Å². The first-order chi connectivity index (χ1) is 17.6. The molecule has 1 unspecified atom stereocenters. The van der Waals surface area contributed by atoms with Crippen molar-refractivity contribution < 1.29 is 29.3 Å². The van der Waals surface area contributed by atoms with Crippen molar-refractivity contribution in [1.82, 2.24) is 4.90 Å². The number of carbonyl (C=O) groups is 2. The lowest BCUT2D eigenvalue weighted by atomic mass is 9.94. The van der Waals surface area contributed by atoms with E-state index < -0.39 is 28.4 Å². The molecule has 1 heterocycles. The zero-order valence-corrected chi connectivity index (χ0v) is 22.1. The Balaban J connectivity index is 2.07. The Morgan fingerprint density at radius 1 is 1.11 bits per heavy atom. The SMILES string of the molecule is CC[NH+](CC)CCN1C(=O)C(=O)C(=C([O-])c2ccc(OCC(C)C)c(C)c2)C1c1ccc([N+](=O)[O-])cc1. The van der Waals surface area contributed by atoms with Gasteiger partial charge in [-0.1, -0.05) is 25.7 Å². The molecule has 2 aromatic rings. The molecule has 3 rings (SSSR count). The Bertz CT molecular complexity index is 1180. The maximum Gasteiger partial charge on any atom is 0.295 e. The standard InChI is InChI=1S/C28H35N3O6/c1-6-29(7-2)14-15-30-25(20-8-11-22(12-9-20)31(35)36)24(27(33)28(30)34)26(32)21-10-13-23(19(5)16-21)37-17-18(3)4/h8-13,16,18,25,32H,6-7,14-15,17H2,1-5H3. The largest absolute Gasteiger partial charge is 0.872 e.